The van der Waals surface area contributed by atoms with E-state index in [4.69, 9.17) is 14.2 Å². The van der Waals surface area contributed by atoms with E-state index in [1.54, 1.807) is 0 Å². The van der Waals surface area contributed by atoms with E-state index in [0.717, 1.165) is 109 Å². The molecule has 4 rings (SSSR count). The Hall–Kier alpha value is -6.12. The van der Waals surface area contributed by atoms with Crippen LogP contribution in [-0.2, 0) is 32.9 Å². The third-order valence-electron chi connectivity index (χ3n) is 6.39. The molecule has 0 N–H and O–H groups in total. The molecule has 0 amide bonds. The normalized spacial score (nSPS) is 12.4. The molecule has 0 fully saturated rings. The number of hydrogen-bond acceptors (Lipinski definition) is 6. The van der Waals surface area contributed by atoms with E-state index in [1.165, 1.54) is 18.2 Å². The van der Waals surface area contributed by atoms with Gasteiger partial charge in [0, 0.05) is 36.4 Å². The molecule has 0 aliphatic carbocycles. The van der Waals surface area contributed by atoms with Crippen LogP contribution >= 0.6 is 0 Å². The van der Waals surface area contributed by atoms with E-state index in [0.29, 0.717) is 0 Å². The Morgan fingerprint density at radius 3 is 0.902 bits per heavy atom. The molecule has 0 spiro atoms. The van der Waals surface area contributed by atoms with E-state index in [2.05, 4.69) is 0 Å². The highest BCUT2D eigenvalue weighted by atomic mass is 19.4. The van der Waals surface area contributed by atoms with Crippen molar-refractivity contribution < 1.29 is 68.1 Å². The number of halogens is 9. The second kappa shape index (κ2) is 15.6. The third-order valence-corrected chi connectivity index (χ3v) is 6.39. The average molecular weight is 721 g/mol. The zero-order valence-electron chi connectivity index (χ0n) is 25.5. The monoisotopic (exact) mass is 720 g/mol. The maximum atomic E-state index is 13.0. The van der Waals surface area contributed by atoms with Crippen molar-refractivity contribution in [2.24, 2.45) is 0 Å². The van der Waals surface area contributed by atoms with Crippen molar-refractivity contribution in [3.8, 4) is 17.2 Å². The molecule has 0 atom stereocenters. The van der Waals surface area contributed by atoms with E-state index >= 15 is 0 Å². The highest BCUT2D eigenvalue weighted by Gasteiger charge is 2.31. The molecule has 4 aromatic rings. The lowest BCUT2D eigenvalue weighted by Crippen LogP contribution is -2.09. The van der Waals surface area contributed by atoms with Gasteiger partial charge in [0.25, 0.3) is 0 Å². The van der Waals surface area contributed by atoms with Gasteiger partial charge in [-0.2, -0.15) is 39.5 Å². The first-order valence-electron chi connectivity index (χ1n) is 14.2. The molecule has 0 saturated heterocycles. The van der Waals surface area contributed by atoms with Crippen molar-refractivity contribution in [2.45, 2.75) is 18.5 Å². The van der Waals surface area contributed by atoms with Crippen LogP contribution in [0.5, 0.6) is 17.2 Å². The molecule has 0 radical (unpaired) electrons. The molecule has 6 nitrogen and oxygen atoms in total. The lowest BCUT2D eigenvalue weighted by atomic mass is 10.1. The zero-order chi connectivity index (χ0) is 37.4. The summed E-state index contributed by atoms with van der Waals surface area (Å²) in [5.41, 5.74) is -2.91. The van der Waals surface area contributed by atoms with Gasteiger partial charge < -0.3 is 14.2 Å². The molecule has 0 heterocycles. The fraction of sp³-hybridized carbons (Fsp3) is 0.0833. The zero-order valence-corrected chi connectivity index (χ0v) is 25.5. The van der Waals surface area contributed by atoms with Gasteiger partial charge in [-0.05, 0) is 71.3 Å². The number of rotatable bonds is 9. The van der Waals surface area contributed by atoms with Crippen LogP contribution in [0.1, 0.15) is 33.4 Å². The van der Waals surface area contributed by atoms with Crippen LogP contribution in [0.3, 0.4) is 0 Å². The van der Waals surface area contributed by atoms with Crippen molar-refractivity contribution in [1.29, 1.82) is 0 Å². The van der Waals surface area contributed by atoms with Crippen LogP contribution in [0.4, 0.5) is 39.5 Å². The Bertz CT molecular complexity index is 1770. The van der Waals surface area contributed by atoms with Gasteiger partial charge in [-0.25, -0.2) is 14.4 Å². The summed E-state index contributed by atoms with van der Waals surface area (Å²) in [4.78, 5) is 37.6. The summed E-state index contributed by atoms with van der Waals surface area (Å²) in [6.45, 7) is 0. The molecular weight excluding hydrogens is 699 g/mol. The molecule has 0 aliphatic heterocycles. The highest BCUT2D eigenvalue weighted by molar-refractivity contribution is 5.91. The van der Waals surface area contributed by atoms with E-state index < -0.39 is 70.4 Å². The Morgan fingerprint density at radius 1 is 0.412 bits per heavy atom. The fourth-order valence-electron chi connectivity index (χ4n) is 4.12. The number of ether oxygens (including phenoxy) is 3. The fourth-order valence-corrected chi connectivity index (χ4v) is 4.12. The van der Waals surface area contributed by atoms with Gasteiger partial charge in [-0.1, -0.05) is 36.4 Å². The van der Waals surface area contributed by atoms with Gasteiger partial charge in [0.05, 0.1) is 16.7 Å². The topological polar surface area (TPSA) is 78.9 Å². The van der Waals surface area contributed by atoms with Gasteiger partial charge in [0.1, 0.15) is 17.2 Å². The minimum Gasteiger partial charge on any atom is -0.423 e. The van der Waals surface area contributed by atoms with Crippen LogP contribution in [0, 0.1) is 0 Å². The summed E-state index contributed by atoms with van der Waals surface area (Å²) in [7, 11) is 0. The second-order valence-corrected chi connectivity index (χ2v) is 10.3. The standard InChI is InChI=1S/C36H21F9O6/c37-34(38,39)25-7-1-4-22(16-25)10-13-31(46)49-28-19-29(50-32(47)14-11-23-5-2-8-26(17-23)35(40,41)42)21-30(20-28)51-33(48)15-12-24-6-3-9-27(18-24)36(43,44)45/h1-21H. The van der Waals surface area contributed by atoms with Crippen molar-refractivity contribution in [3.05, 3.63) is 143 Å². The molecule has 0 unspecified atom stereocenters. The summed E-state index contributed by atoms with van der Waals surface area (Å²) in [6, 6.07) is 15.0. The van der Waals surface area contributed by atoms with Crippen molar-refractivity contribution in [2.75, 3.05) is 0 Å². The average Bonchev–Trinajstić information content (AvgIpc) is 3.04. The van der Waals surface area contributed by atoms with Gasteiger partial charge in [0.15, 0.2) is 0 Å². The van der Waals surface area contributed by atoms with Crippen LogP contribution in [-0.4, -0.2) is 17.9 Å². The summed E-state index contributed by atoms with van der Waals surface area (Å²) < 4.78 is 133. The summed E-state index contributed by atoms with van der Waals surface area (Å²) in [5, 5.41) is 0. The van der Waals surface area contributed by atoms with Gasteiger partial charge in [-0.15, -0.1) is 0 Å². The van der Waals surface area contributed by atoms with Gasteiger partial charge >= 0.3 is 36.4 Å². The number of benzene rings is 4. The number of carbonyl (C=O) groups is 3. The molecule has 0 bridgehead atoms. The SMILES string of the molecule is O=C(C=Cc1cccc(C(F)(F)F)c1)Oc1cc(OC(=O)C=Cc2cccc(C(F)(F)F)c2)cc(OC(=O)C=Cc2cccc(C(F)(F)F)c2)c1. The van der Waals surface area contributed by atoms with Crippen LogP contribution in [0.15, 0.2) is 109 Å². The molecule has 0 aromatic heterocycles. The Kier molecular flexibility index (Phi) is 11.5. The lowest BCUT2D eigenvalue weighted by Gasteiger charge is -2.09. The molecular formula is C36H21F9O6. The molecule has 15 heteroatoms. The number of carbonyl (C=O) groups excluding carboxylic acids is 3. The predicted octanol–water partition coefficient (Wildman–Crippen LogP) is 9.60. The Labute approximate surface area is 282 Å². The summed E-state index contributed by atoms with van der Waals surface area (Å²) in [5.74, 6) is -4.56. The van der Waals surface area contributed by atoms with E-state index in [9.17, 15) is 53.9 Å². The Balaban J connectivity index is 1.55. The maximum Gasteiger partial charge on any atom is 0.416 e. The first-order valence-corrected chi connectivity index (χ1v) is 14.2. The number of alkyl halides is 9. The highest BCUT2D eigenvalue weighted by Crippen LogP contribution is 2.33. The van der Waals surface area contributed by atoms with E-state index in [-0.39, 0.29) is 16.7 Å². The summed E-state index contributed by atoms with van der Waals surface area (Å²) >= 11 is 0. The molecule has 0 saturated carbocycles. The van der Waals surface area contributed by atoms with Crippen molar-refractivity contribution >= 4 is 36.1 Å². The largest absolute Gasteiger partial charge is 0.423 e. The van der Waals surface area contributed by atoms with Gasteiger partial charge in [0.2, 0.25) is 0 Å². The second-order valence-electron chi connectivity index (χ2n) is 10.3. The predicted molar refractivity (Wildman–Crippen MR) is 165 cm³/mol. The van der Waals surface area contributed by atoms with Crippen LogP contribution < -0.4 is 14.2 Å². The third kappa shape index (κ3) is 11.8. The Morgan fingerprint density at radius 2 is 0.667 bits per heavy atom. The molecule has 51 heavy (non-hydrogen) atoms. The van der Waals surface area contributed by atoms with Crippen molar-refractivity contribution in [3.63, 3.8) is 0 Å². The van der Waals surface area contributed by atoms with Crippen molar-refractivity contribution in [1.82, 2.24) is 0 Å². The first kappa shape index (κ1) is 37.7. The minimum absolute atomic E-state index is 0.000750. The lowest BCUT2D eigenvalue weighted by molar-refractivity contribution is -0.138. The summed E-state index contributed by atoms with van der Waals surface area (Å²) in [6.07, 6.45) is -8.47. The number of hydrogen-bond donors (Lipinski definition) is 0. The number of esters is 3. The minimum atomic E-state index is -4.64. The van der Waals surface area contributed by atoms with Gasteiger partial charge in [-0.3, -0.25) is 0 Å². The molecule has 4 aromatic carbocycles. The molecule has 0 aliphatic rings. The quantitative estimate of drug-likeness (QED) is 0.0742. The van der Waals surface area contributed by atoms with Crippen LogP contribution in [0.2, 0.25) is 0 Å². The molecule has 264 valence electrons. The smallest absolute Gasteiger partial charge is 0.416 e. The maximum absolute atomic E-state index is 13.0. The van der Waals surface area contributed by atoms with E-state index in [1.807, 2.05) is 0 Å². The first-order chi connectivity index (χ1) is 23.8. The van der Waals surface area contributed by atoms with Crippen LogP contribution in [0.25, 0.3) is 18.2 Å².